The number of ether oxygens (including phenoxy) is 1. The van der Waals surface area contributed by atoms with Gasteiger partial charge >= 0.3 is 0 Å². The first kappa shape index (κ1) is 22.4. The molecule has 3 amide bonds. The smallest absolute Gasteiger partial charge is 0.276 e. The summed E-state index contributed by atoms with van der Waals surface area (Å²) in [5, 5.41) is 2.79. The van der Waals surface area contributed by atoms with E-state index in [1.54, 1.807) is 6.07 Å². The largest absolute Gasteiger partial charge is 0.483 e. The molecule has 3 N–H and O–H groups in total. The van der Waals surface area contributed by atoms with Crippen molar-refractivity contribution < 1.29 is 19.1 Å². The molecule has 2 aromatic carbocycles. The highest BCUT2D eigenvalue weighted by molar-refractivity contribution is 9.10. The van der Waals surface area contributed by atoms with Crippen molar-refractivity contribution >= 4 is 39.3 Å². The lowest BCUT2D eigenvalue weighted by Crippen LogP contribution is -2.44. The average molecular weight is 462 g/mol. The molecule has 29 heavy (non-hydrogen) atoms. The number of rotatable bonds is 7. The fourth-order valence-corrected chi connectivity index (χ4v) is 2.94. The number of amides is 3. The molecular weight excluding hydrogens is 438 g/mol. The fourth-order valence-electron chi connectivity index (χ4n) is 2.47. The van der Waals surface area contributed by atoms with Gasteiger partial charge in [-0.2, -0.15) is 0 Å². The molecule has 2 rings (SSSR count). The number of benzene rings is 2. The van der Waals surface area contributed by atoms with Crippen LogP contribution in [0.3, 0.4) is 0 Å². The summed E-state index contributed by atoms with van der Waals surface area (Å²) >= 11 is 3.36. The van der Waals surface area contributed by atoms with Gasteiger partial charge in [-0.1, -0.05) is 28.1 Å². The minimum Gasteiger partial charge on any atom is -0.483 e. The van der Waals surface area contributed by atoms with Crippen molar-refractivity contribution in [2.24, 2.45) is 0 Å². The van der Waals surface area contributed by atoms with Crippen LogP contribution in [0, 0.1) is 20.8 Å². The van der Waals surface area contributed by atoms with E-state index in [4.69, 9.17) is 4.74 Å². The molecule has 0 saturated carbocycles. The summed E-state index contributed by atoms with van der Waals surface area (Å²) in [5.74, 6) is -0.651. The molecule has 0 saturated heterocycles. The molecule has 8 heteroatoms. The van der Waals surface area contributed by atoms with Crippen LogP contribution in [0.1, 0.15) is 29.5 Å². The number of hydrazine groups is 1. The highest BCUT2D eigenvalue weighted by Crippen LogP contribution is 2.22. The lowest BCUT2D eigenvalue weighted by molar-refractivity contribution is -0.130. The van der Waals surface area contributed by atoms with Crippen LogP contribution >= 0.6 is 15.9 Å². The van der Waals surface area contributed by atoms with Crippen molar-refractivity contribution in [1.82, 2.24) is 10.9 Å². The Morgan fingerprint density at radius 2 is 1.55 bits per heavy atom. The predicted molar refractivity (Wildman–Crippen MR) is 114 cm³/mol. The number of nitrogens with one attached hydrogen (secondary N) is 3. The Bertz CT molecular complexity index is 915. The predicted octanol–water partition coefficient (Wildman–Crippen LogP) is 3.32. The second kappa shape index (κ2) is 10.6. The summed E-state index contributed by atoms with van der Waals surface area (Å²) in [7, 11) is 0. The molecule has 0 heterocycles. The van der Waals surface area contributed by atoms with E-state index in [2.05, 4.69) is 32.1 Å². The van der Waals surface area contributed by atoms with Crippen LogP contribution < -0.4 is 20.9 Å². The van der Waals surface area contributed by atoms with Crippen molar-refractivity contribution in [3.63, 3.8) is 0 Å². The van der Waals surface area contributed by atoms with Crippen LogP contribution in [0.5, 0.6) is 5.75 Å². The second-order valence-electron chi connectivity index (χ2n) is 6.66. The van der Waals surface area contributed by atoms with Gasteiger partial charge < -0.3 is 10.1 Å². The van der Waals surface area contributed by atoms with Crippen LogP contribution in [0.25, 0.3) is 0 Å². The van der Waals surface area contributed by atoms with E-state index in [-0.39, 0.29) is 25.4 Å². The molecule has 0 fully saturated rings. The number of anilines is 1. The van der Waals surface area contributed by atoms with E-state index in [1.807, 2.05) is 51.1 Å². The maximum Gasteiger partial charge on any atom is 0.276 e. The third-order valence-electron chi connectivity index (χ3n) is 4.08. The fraction of sp³-hybridized carbons (Fsp3) is 0.286. The maximum absolute atomic E-state index is 12.0. The zero-order valence-corrected chi connectivity index (χ0v) is 18.2. The SMILES string of the molecule is Cc1ccc(C)c(NC(=O)CCC(=O)NNC(=O)COc2ccc(Br)cc2C)c1. The molecule has 0 aromatic heterocycles. The quantitative estimate of drug-likeness (QED) is 0.550. The second-order valence-corrected chi connectivity index (χ2v) is 7.58. The van der Waals surface area contributed by atoms with Gasteiger partial charge in [0.15, 0.2) is 6.61 Å². The van der Waals surface area contributed by atoms with Gasteiger partial charge in [-0.25, -0.2) is 0 Å². The van der Waals surface area contributed by atoms with Crippen molar-refractivity contribution in [2.75, 3.05) is 11.9 Å². The number of aryl methyl sites for hydroxylation is 3. The van der Waals surface area contributed by atoms with Gasteiger partial charge in [0.1, 0.15) is 5.75 Å². The molecule has 0 radical (unpaired) electrons. The first-order valence-electron chi connectivity index (χ1n) is 9.08. The average Bonchev–Trinajstić information content (AvgIpc) is 2.67. The molecule has 0 aliphatic heterocycles. The topological polar surface area (TPSA) is 96.5 Å². The normalized spacial score (nSPS) is 10.2. The van der Waals surface area contributed by atoms with Gasteiger partial charge in [-0.05, 0) is 61.7 Å². The number of halogens is 1. The molecule has 0 spiro atoms. The Kier molecular flexibility index (Phi) is 8.21. The number of hydrogen-bond donors (Lipinski definition) is 3. The van der Waals surface area contributed by atoms with Gasteiger partial charge in [0.2, 0.25) is 11.8 Å². The third-order valence-corrected chi connectivity index (χ3v) is 4.58. The van der Waals surface area contributed by atoms with Gasteiger partial charge in [0.05, 0.1) is 0 Å². The monoisotopic (exact) mass is 461 g/mol. The van der Waals surface area contributed by atoms with E-state index in [1.165, 1.54) is 0 Å². The lowest BCUT2D eigenvalue weighted by Gasteiger charge is -2.11. The van der Waals surface area contributed by atoms with E-state index in [9.17, 15) is 14.4 Å². The third kappa shape index (κ3) is 7.57. The van der Waals surface area contributed by atoms with E-state index in [0.717, 1.165) is 26.9 Å². The minimum atomic E-state index is -0.500. The molecule has 7 nitrogen and oxygen atoms in total. The van der Waals surface area contributed by atoms with Gasteiger partial charge in [0.25, 0.3) is 5.91 Å². The summed E-state index contributed by atoms with van der Waals surface area (Å²) in [4.78, 5) is 35.7. The Labute approximate surface area is 178 Å². The number of carbonyl (C=O) groups is 3. The van der Waals surface area contributed by atoms with Crippen molar-refractivity contribution in [2.45, 2.75) is 33.6 Å². The summed E-state index contributed by atoms with van der Waals surface area (Å²) in [5.41, 5.74) is 8.13. The van der Waals surface area contributed by atoms with E-state index < -0.39 is 11.8 Å². The number of hydrogen-bond acceptors (Lipinski definition) is 4. The Morgan fingerprint density at radius 1 is 0.862 bits per heavy atom. The molecular formula is C21H24BrN3O4. The van der Waals surface area contributed by atoms with Crippen LogP contribution in [-0.4, -0.2) is 24.3 Å². The first-order chi connectivity index (χ1) is 13.7. The first-order valence-corrected chi connectivity index (χ1v) is 9.87. The number of carbonyl (C=O) groups excluding carboxylic acids is 3. The lowest BCUT2D eigenvalue weighted by atomic mass is 10.1. The van der Waals surface area contributed by atoms with Crippen LogP contribution in [0.4, 0.5) is 5.69 Å². The van der Waals surface area contributed by atoms with Crippen LogP contribution in [-0.2, 0) is 14.4 Å². The minimum absolute atomic E-state index is 0.00364. The summed E-state index contributed by atoms with van der Waals surface area (Å²) in [6.07, 6.45) is -0.0483. The highest BCUT2D eigenvalue weighted by atomic mass is 79.9. The Morgan fingerprint density at radius 3 is 2.28 bits per heavy atom. The summed E-state index contributed by atoms with van der Waals surface area (Å²) in [6, 6.07) is 11.2. The molecule has 154 valence electrons. The van der Waals surface area contributed by atoms with Crippen LogP contribution in [0.2, 0.25) is 0 Å². The van der Waals surface area contributed by atoms with Gasteiger partial charge in [-0.3, -0.25) is 25.2 Å². The van der Waals surface area contributed by atoms with Crippen LogP contribution in [0.15, 0.2) is 40.9 Å². The molecule has 2 aromatic rings. The molecule has 0 aliphatic rings. The zero-order chi connectivity index (χ0) is 21.4. The van der Waals surface area contributed by atoms with E-state index in [0.29, 0.717) is 5.75 Å². The summed E-state index contributed by atoms with van der Waals surface area (Å²) in [6.45, 7) is 5.46. The molecule has 0 atom stereocenters. The summed E-state index contributed by atoms with van der Waals surface area (Å²) < 4.78 is 6.34. The van der Waals surface area contributed by atoms with Crippen molar-refractivity contribution in [1.29, 1.82) is 0 Å². The highest BCUT2D eigenvalue weighted by Gasteiger charge is 2.10. The molecule has 0 aliphatic carbocycles. The Hall–Kier alpha value is -2.87. The molecule has 0 unspecified atom stereocenters. The molecule has 0 bridgehead atoms. The van der Waals surface area contributed by atoms with Crippen molar-refractivity contribution in [3.8, 4) is 5.75 Å². The standard InChI is InChI=1S/C21H24BrN3O4/c1-13-4-5-14(2)17(10-13)23-19(26)8-9-20(27)24-25-21(28)12-29-18-7-6-16(22)11-15(18)3/h4-7,10-11H,8-9,12H2,1-3H3,(H,23,26)(H,24,27)(H,25,28). The van der Waals surface area contributed by atoms with Crippen molar-refractivity contribution in [3.05, 3.63) is 57.6 Å². The van der Waals surface area contributed by atoms with E-state index >= 15 is 0 Å². The maximum atomic E-state index is 12.0. The van der Waals surface area contributed by atoms with Gasteiger partial charge in [0, 0.05) is 23.0 Å². The van der Waals surface area contributed by atoms with Gasteiger partial charge in [-0.15, -0.1) is 0 Å². The Balaban J connectivity index is 1.69. The zero-order valence-electron chi connectivity index (χ0n) is 16.6.